The maximum atomic E-state index is 13.7. The van der Waals surface area contributed by atoms with Gasteiger partial charge in [0.2, 0.25) is 17.6 Å². The number of nitrogens with zero attached hydrogens (tertiary/aromatic N) is 6. The van der Waals surface area contributed by atoms with Crippen LogP contribution < -0.4 is 5.32 Å². The minimum absolute atomic E-state index is 0.152. The molecule has 1 aliphatic heterocycles. The smallest absolute Gasteiger partial charge is 0.248 e. The van der Waals surface area contributed by atoms with E-state index in [1.807, 2.05) is 51.3 Å². The van der Waals surface area contributed by atoms with E-state index in [0.717, 1.165) is 23.7 Å². The Morgan fingerprint density at radius 3 is 2.64 bits per heavy atom. The van der Waals surface area contributed by atoms with Gasteiger partial charge < -0.3 is 19.4 Å². The van der Waals surface area contributed by atoms with E-state index in [2.05, 4.69) is 25.6 Å². The fraction of sp³-hybridized carbons (Fsp3) is 0.542. The number of aromatic nitrogens is 4. The second-order valence-corrected chi connectivity index (χ2v) is 10.7. The van der Waals surface area contributed by atoms with Gasteiger partial charge in [0.05, 0.1) is 13.2 Å². The minimum Gasteiger partial charge on any atom is -0.458 e. The minimum atomic E-state index is -0.770. The topological polar surface area (TPSA) is 119 Å². The molecule has 0 saturated carbocycles. The average Bonchev–Trinajstić information content (AvgIpc) is 3.58. The zero-order valence-corrected chi connectivity index (χ0v) is 22.0. The number of nitrogens with one attached hydrogen (secondary N) is 1. The Balaban J connectivity index is 1.58. The molecular weight excluding hydrogens is 482 g/mol. The molecule has 36 heavy (non-hydrogen) atoms. The molecule has 1 N–H and O–H groups in total. The molecule has 194 valence electrons. The maximum Gasteiger partial charge on any atom is 0.248 e. The first kappa shape index (κ1) is 26.0. The largest absolute Gasteiger partial charge is 0.458 e. The molecule has 0 aliphatic carbocycles. The lowest BCUT2D eigenvalue weighted by Gasteiger charge is -2.35. The van der Waals surface area contributed by atoms with Crippen LogP contribution in [-0.2, 0) is 20.9 Å². The van der Waals surface area contributed by atoms with E-state index in [1.165, 1.54) is 16.1 Å². The summed E-state index contributed by atoms with van der Waals surface area (Å²) >= 11 is 1.45. The van der Waals surface area contributed by atoms with Crippen molar-refractivity contribution in [3.8, 4) is 11.6 Å². The molecule has 0 bridgehead atoms. The fourth-order valence-corrected chi connectivity index (χ4v) is 4.79. The van der Waals surface area contributed by atoms with Crippen LogP contribution in [-0.4, -0.2) is 86.8 Å². The van der Waals surface area contributed by atoms with Crippen molar-refractivity contribution in [2.24, 2.45) is 0 Å². The zero-order chi connectivity index (χ0) is 25.7. The number of carbonyl (C=O) groups excluding carboxylic acids is 2. The molecule has 4 heterocycles. The summed E-state index contributed by atoms with van der Waals surface area (Å²) < 4.78 is 11.0. The molecule has 4 rings (SSSR count). The Labute approximate surface area is 214 Å². The molecule has 0 unspecified atom stereocenters. The zero-order valence-electron chi connectivity index (χ0n) is 21.1. The lowest BCUT2D eigenvalue weighted by Crippen LogP contribution is -2.51. The van der Waals surface area contributed by atoms with Crippen molar-refractivity contribution >= 4 is 23.2 Å². The Morgan fingerprint density at radius 1 is 1.22 bits per heavy atom. The van der Waals surface area contributed by atoms with Crippen LogP contribution in [0.2, 0.25) is 0 Å². The van der Waals surface area contributed by atoms with Gasteiger partial charge in [-0.3, -0.25) is 14.5 Å². The lowest BCUT2D eigenvalue weighted by atomic mass is 10.1. The normalized spacial score (nSPS) is 15.6. The summed E-state index contributed by atoms with van der Waals surface area (Å²) in [5, 5.41) is 17.4. The number of hydrogen-bond donors (Lipinski definition) is 1. The van der Waals surface area contributed by atoms with Gasteiger partial charge in [0.25, 0.3) is 0 Å². The van der Waals surface area contributed by atoms with Crippen molar-refractivity contribution < 1.29 is 18.7 Å². The van der Waals surface area contributed by atoms with Crippen LogP contribution >= 0.6 is 11.3 Å². The number of aryl methyl sites for hydroxylation is 1. The van der Waals surface area contributed by atoms with Crippen LogP contribution in [0.25, 0.3) is 11.6 Å². The van der Waals surface area contributed by atoms with E-state index >= 15 is 0 Å². The van der Waals surface area contributed by atoms with Crippen molar-refractivity contribution in [3.63, 3.8) is 0 Å². The van der Waals surface area contributed by atoms with E-state index in [0.29, 0.717) is 37.9 Å². The first-order valence-electron chi connectivity index (χ1n) is 12.0. The van der Waals surface area contributed by atoms with Gasteiger partial charge in [-0.25, -0.2) is 0 Å². The highest BCUT2D eigenvalue weighted by Gasteiger charge is 2.34. The molecule has 11 nitrogen and oxygen atoms in total. The number of thiophene rings is 1. The molecule has 1 atom stereocenters. The number of carbonyl (C=O) groups is 2. The van der Waals surface area contributed by atoms with Crippen LogP contribution in [0.3, 0.4) is 0 Å². The summed E-state index contributed by atoms with van der Waals surface area (Å²) in [6.45, 7) is 11.3. The van der Waals surface area contributed by atoms with E-state index in [9.17, 15) is 9.59 Å². The predicted molar refractivity (Wildman–Crippen MR) is 134 cm³/mol. The number of amides is 2. The Hall–Kier alpha value is -3.09. The van der Waals surface area contributed by atoms with E-state index in [1.54, 1.807) is 11.0 Å². The van der Waals surface area contributed by atoms with Gasteiger partial charge in [-0.1, -0.05) is 6.07 Å². The Morgan fingerprint density at radius 2 is 2.00 bits per heavy atom. The molecule has 1 fully saturated rings. The van der Waals surface area contributed by atoms with Crippen molar-refractivity contribution in [1.82, 2.24) is 35.3 Å². The van der Waals surface area contributed by atoms with Crippen molar-refractivity contribution in [3.05, 3.63) is 40.3 Å². The summed E-state index contributed by atoms with van der Waals surface area (Å²) in [6.07, 6.45) is 0. The van der Waals surface area contributed by atoms with Gasteiger partial charge in [0.1, 0.15) is 18.3 Å². The quantitative estimate of drug-likeness (QED) is 0.460. The highest BCUT2D eigenvalue weighted by atomic mass is 32.1. The third-order valence-electron chi connectivity index (χ3n) is 5.64. The molecule has 0 aromatic carbocycles. The molecule has 3 aromatic heterocycles. The van der Waals surface area contributed by atoms with Crippen LogP contribution in [0, 0.1) is 6.92 Å². The first-order chi connectivity index (χ1) is 17.2. The number of rotatable bonds is 9. The Bertz CT molecular complexity index is 1150. The van der Waals surface area contributed by atoms with Gasteiger partial charge in [-0.15, -0.1) is 21.5 Å². The standard InChI is InChI=1S/C24H33N7O4S/c1-17-7-8-18(35-17)22-26-28-31(27-22)16-20(32)30(10-9-29-11-13-34-14-12-29)21(19-6-5-15-36-19)23(33)25-24(2,3)4/h5-8,15,21H,9-14,16H2,1-4H3,(H,25,33)/t21-/m1/s1. The third kappa shape index (κ3) is 6.77. The second kappa shape index (κ2) is 11.3. The molecule has 0 spiro atoms. The number of hydrogen-bond acceptors (Lipinski definition) is 9. The molecule has 2 amide bonds. The van der Waals surface area contributed by atoms with Gasteiger partial charge in [0, 0.05) is 36.6 Å². The lowest BCUT2D eigenvalue weighted by molar-refractivity contribution is -0.142. The molecule has 12 heteroatoms. The van der Waals surface area contributed by atoms with E-state index in [4.69, 9.17) is 9.15 Å². The van der Waals surface area contributed by atoms with Gasteiger partial charge >= 0.3 is 0 Å². The van der Waals surface area contributed by atoms with Gasteiger partial charge in [0.15, 0.2) is 5.76 Å². The number of morpholine rings is 1. The summed E-state index contributed by atoms with van der Waals surface area (Å²) in [5.74, 6) is 1.02. The van der Waals surface area contributed by atoms with Gasteiger partial charge in [-0.2, -0.15) is 4.80 Å². The van der Waals surface area contributed by atoms with Crippen LogP contribution in [0.1, 0.15) is 37.5 Å². The van der Waals surface area contributed by atoms with E-state index in [-0.39, 0.29) is 18.4 Å². The van der Waals surface area contributed by atoms with Crippen molar-refractivity contribution in [2.45, 2.75) is 45.8 Å². The Kier molecular flexibility index (Phi) is 8.17. The SMILES string of the molecule is Cc1ccc(-c2nnn(CC(=O)N(CCN3CCOCC3)[C@@H](C(=O)NC(C)(C)C)c3cccs3)n2)o1. The van der Waals surface area contributed by atoms with Crippen LogP contribution in [0.4, 0.5) is 0 Å². The predicted octanol–water partition coefficient (Wildman–Crippen LogP) is 2.12. The fourth-order valence-electron chi connectivity index (χ4n) is 3.96. The summed E-state index contributed by atoms with van der Waals surface area (Å²) in [5.41, 5.74) is -0.449. The third-order valence-corrected chi connectivity index (χ3v) is 6.57. The number of furan rings is 1. The van der Waals surface area contributed by atoms with Crippen molar-refractivity contribution in [1.29, 1.82) is 0 Å². The van der Waals surface area contributed by atoms with Gasteiger partial charge in [-0.05, 0) is 56.5 Å². The number of tetrazole rings is 1. The molecule has 1 aliphatic rings. The summed E-state index contributed by atoms with van der Waals surface area (Å²) in [6, 6.07) is 6.58. The molecule has 1 saturated heterocycles. The monoisotopic (exact) mass is 515 g/mol. The second-order valence-electron chi connectivity index (χ2n) is 9.75. The van der Waals surface area contributed by atoms with Crippen LogP contribution in [0.15, 0.2) is 34.1 Å². The highest BCUT2D eigenvalue weighted by Crippen LogP contribution is 2.27. The number of ether oxygens (including phenoxy) is 1. The summed E-state index contributed by atoms with van der Waals surface area (Å²) in [4.78, 5) is 33.1. The van der Waals surface area contributed by atoms with Crippen LogP contribution in [0.5, 0.6) is 0 Å². The van der Waals surface area contributed by atoms with Crippen molar-refractivity contribution in [2.75, 3.05) is 39.4 Å². The molecular formula is C24H33N7O4S. The summed E-state index contributed by atoms with van der Waals surface area (Å²) in [7, 11) is 0. The molecule has 0 radical (unpaired) electrons. The highest BCUT2D eigenvalue weighted by molar-refractivity contribution is 7.10. The maximum absolute atomic E-state index is 13.7. The van der Waals surface area contributed by atoms with E-state index < -0.39 is 11.6 Å². The average molecular weight is 516 g/mol. The molecule has 3 aromatic rings. The first-order valence-corrected chi connectivity index (χ1v) is 12.9.